The SMILES string of the molecule is COC(=O)CCCCCc1ccccc1C(C)OCC1CO1. The predicted molar refractivity (Wildman–Crippen MR) is 84.7 cm³/mol. The van der Waals surface area contributed by atoms with Crippen LogP contribution in [0.1, 0.15) is 49.8 Å². The zero-order valence-electron chi connectivity index (χ0n) is 13.5. The van der Waals surface area contributed by atoms with E-state index in [0.717, 1.165) is 32.3 Å². The van der Waals surface area contributed by atoms with Gasteiger partial charge in [-0.1, -0.05) is 30.7 Å². The van der Waals surface area contributed by atoms with Gasteiger partial charge < -0.3 is 14.2 Å². The van der Waals surface area contributed by atoms with E-state index in [1.54, 1.807) is 0 Å². The van der Waals surface area contributed by atoms with Crippen molar-refractivity contribution < 1.29 is 19.0 Å². The molecule has 0 radical (unpaired) electrons. The Balaban J connectivity index is 1.76. The highest BCUT2D eigenvalue weighted by Gasteiger charge is 2.24. The van der Waals surface area contributed by atoms with E-state index in [-0.39, 0.29) is 12.1 Å². The molecule has 2 rings (SSSR count). The Kier molecular flexibility index (Phi) is 6.87. The maximum absolute atomic E-state index is 11.1. The van der Waals surface area contributed by atoms with Crippen LogP contribution in [0.25, 0.3) is 0 Å². The summed E-state index contributed by atoms with van der Waals surface area (Å²) >= 11 is 0. The fourth-order valence-electron chi connectivity index (χ4n) is 2.53. The summed E-state index contributed by atoms with van der Waals surface area (Å²) in [5.41, 5.74) is 2.60. The van der Waals surface area contributed by atoms with Crippen molar-refractivity contribution >= 4 is 5.97 Å². The molecule has 4 nitrogen and oxygen atoms in total. The van der Waals surface area contributed by atoms with E-state index in [1.807, 2.05) is 0 Å². The van der Waals surface area contributed by atoms with E-state index >= 15 is 0 Å². The fraction of sp³-hybridized carbons (Fsp3) is 0.611. The number of carbonyl (C=O) groups excluding carboxylic acids is 1. The second-order valence-corrected chi connectivity index (χ2v) is 5.77. The Morgan fingerprint density at radius 1 is 1.32 bits per heavy atom. The number of esters is 1. The lowest BCUT2D eigenvalue weighted by molar-refractivity contribution is -0.140. The van der Waals surface area contributed by atoms with Crippen molar-refractivity contribution in [2.75, 3.05) is 20.3 Å². The molecule has 1 aliphatic rings. The summed E-state index contributed by atoms with van der Waals surface area (Å²) in [4.78, 5) is 11.1. The molecule has 1 heterocycles. The maximum Gasteiger partial charge on any atom is 0.305 e. The van der Waals surface area contributed by atoms with Gasteiger partial charge in [0.05, 0.1) is 26.4 Å². The molecule has 0 N–H and O–H groups in total. The molecule has 1 aromatic carbocycles. The average Bonchev–Trinajstić information content (AvgIpc) is 3.36. The molecule has 0 aliphatic carbocycles. The van der Waals surface area contributed by atoms with E-state index in [2.05, 4.69) is 35.9 Å². The minimum Gasteiger partial charge on any atom is -0.469 e. The quantitative estimate of drug-likeness (QED) is 0.377. The van der Waals surface area contributed by atoms with Crippen LogP contribution in [0.3, 0.4) is 0 Å². The predicted octanol–water partition coefficient (Wildman–Crippen LogP) is 3.44. The molecule has 0 spiro atoms. The molecule has 0 bridgehead atoms. The molecule has 1 fully saturated rings. The van der Waals surface area contributed by atoms with E-state index < -0.39 is 0 Å². The number of rotatable bonds is 10. The van der Waals surface area contributed by atoms with E-state index in [9.17, 15) is 4.79 Å². The molecular formula is C18H26O4. The van der Waals surface area contributed by atoms with Gasteiger partial charge in [0.25, 0.3) is 0 Å². The Morgan fingerprint density at radius 3 is 2.82 bits per heavy atom. The fourth-order valence-corrected chi connectivity index (χ4v) is 2.53. The van der Waals surface area contributed by atoms with Crippen LogP contribution < -0.4 is 0 Å². The van der Waals surface area contributed by atoms with Gasteiger partial charge in [-0.15, -0.1) is 0 Å². The second-order valence-electron chi connectivity index (χ2n) is 5.77. The molecule has 1 aliphatic heterocycles. The van der Waals surface area contributed by atoms with Gasteiger partial charge in [-0.05, 0) is 37.3 Å². The smallest absolute Gasteiger partial charge is 0.305 e. The Hall–Kier alpha value is -1.39. The summed E-state index contributed by atoms with van der Waals surface area (Å²) in [5.74, 6) is -0.121. The van der Waals surface area contributed by atoms with Gasteiger partial charge in [0.1, 0.15) is 6.10 Å². The number of benzene rings is 1. The van der Waals surface area contributed by atoms with Crippen molar-refractivity contribution in [3.05, 3.63) is 35.4 Å². The number of carbonyl (C=O) groups is 1. The summed E-state index contributed by atoms with van der Waals surface area (Å²) in [6, 6.07) is 8.44. The normalized spacial score (nSPS) is 18.0. The summed E-state index contributed by atoms with van der Waals surface area (Å²) in [7, 11) is 1.44. The van der Waals surface area contributed by atoms with Crippen molar-refractivity contribution in [3.8, 4) is 0 Å². The molecule has 0 amide bonds. The third-order valence-electron chi connectivity index (χ3n) is 3.98. The van der Waals surface area contributed by atoms with Gasteiger partial charge in [0.15, 0.2) is 0 Å². The molecule has 2 atom stereocenters. The number of epoxide rings is 1. The molecule has 4 heteroatoms. The number of methoxy groups -OCH3 is 1. The summed E-state index contributed by atoms with van der Waals surface area (Å²) in [6.45, 7) is 3.60. The van der Waals surface area contributed by atoms with Gasteiger partial charge in [0, 0.05) is 6.42 Å². The Bertz CT molecular complexity index is 468. The van der Waals surface area contributed by atoms with Crippen molar-refractivity contribution in [3.63, 3.8) is 0 Å². The Labute approximate surface area is 132 Å². The van der Waals surface area contributed by atoms with E-state index in [1.165, 1.54) is 18.2 Å². The number of unbranched alkanes of at least 4 members (excludes halogenated alkanes) is 2. The number of ether oxygens (including phenoxy) is 3. The van der Waals surface area contributed by atoms with E-state index in [4.69, 9.17) is 9.47 Å². The van der Waals surface area contributed by atoms with Crippen LogP contribution in [-0.4, -0.2) is 32.4 Å². The Morgan fingerprint density at radius 2 is 2.09 bits per heavy atom. The van der Waals surface area contributed by atoms with Crippen molar-refractivity contribution in [1.29, 1.82) is 0 Å². The molecule has 122 valence electrons. The number of aryl methyl sites for hydroxylation is 1. The first-order chi connectivity index (χ1) is 10.7. The highest BCUT2D eigenvalue weighted by atomic mass is 16.6. The van der Waals surface area contributed by atoms with Crippen LogP contribution in [0.4, 0.5) is 0 Å². The molecule has 1 aromatic rings. The molecular weight excluding hydrogens is 280 g/mol. The average molecular weight is 306 g/mol. The molecule has 1 saturated heterocycles. The van der Waals surface area contributed by atoms with Gasteiger partial charge in [0.2, 0.25) is 0 Å². The highest BCUT2D eigenvalue weighted by molar-refractivity contribution is 5.68. The first kappa shape index (κ1) is 17.0. The topological polar surface area (TPSA) is 48.1 Å². The largest absolute Gasteiger partial charge is 0.469 e. The minimum absolute atomic E-state index is 0.0930. The van der Waals surface area contributed by atoms with Gasteiger partial charge >= 0.3 is 5.97 Å². The third kappa shape index (κ3) is 5.78. The van der Waals surface area contributed by atoms with Crippen molar-refractivity contribution in [2.45, 2.75) is 51.2 Å². The van der Waals surface area contributed by atoms with Crippen molar-refractivity contribution in [2.24, 2.45) is 0 Å². The lowest BCUT2D eigenvalue weighted by Gasteiger charge is -2.17. The first-order valence-corrected chi connectivity index (χ1v) is 8.08. The third-order valence-corrected chi connectivity index (χ3v) is 3.98. The lowest BCUT2D eigenvalue weighted by Crippen LogP contribution is -2.08. The second kappa shape index (κ2) is 8.91. The van der Waals surface area contributed by atoms with Crippen molar-refractivity contribution in [1.82, 2.24) is 0 Å². The monoisotopic (exact) mass is 306 g/mol. The van der Waals surface area contributed by atoms with Crippen LogP contribution >= 0.6 is 0 Å². The summed E-state index contributed by atoms with van der Waals surface area (Å²) in [5, 5.41) is 0. The van der Waals surface area contributed by atoms with Crippen LogP contribution in [0.15, 0.2) is 24.3 Å². The number of hydrogen-bond acceptors (Lipinski definition) is 4. The zero-order valence-corrected chi connectivity index (χ0v) is 13.5. The van der Waals surface area contributed by atoms with Crippen LogP contribution in [0.5, 0.6) is 0 Å². The molecule has 0 aromatic heterocycles. The maximum atomic E-state index is 11.1. The highest BCUT2D eigenvalue weighted by Crippen LogP contribution is 2.24. The van der Waals surface area contributed by atoms with E-state index in [0.29, 0.717) is 19.1 Å². The summed E-state index contributed by atoms with van der Waals surface area (Å²) in [6.07, 6.45) is 4.92. The van der Waals surface area contributed by atoms with Crippen LogP contribution in [0, 0.1) is 0 Å². The lowest BCUT2D eigenvalue weighted by atomic mass is 9.98. The first-order valence-electron chi connectivity index (χ1n) is 8.08. The standard InChI is InChI=1S/C18H26O4/c1-14(21-12-16-13-22-16)17-10-7-6-9-15(17)8-4-3-5-11-18(19)20-2/h6-7,9-10,14,16H,3-5,8,11-13H2,1-2H3. The summed E-state index contributed by atoms with van der Waals surface area (Å²) < 4.78 is 15.7. The molecule has 2 unspecified atom stereocenters. The van der Waals surface area contributed by atoms with Crippen LogP contribution in [-0.2, 0) is 25.4 Å². The molecule has 0 saturated carbocycles. The minimum atomic E-state index is -0.121. The molecule has 22 heavy (non-hydrogen) atoms. The van der Waals surface area contributed by atoms with Gasteiger partial charge in [-0.25, -0.2) is 0 Å². The van der Waals surface area contributed by atoms with Gasteiger partial charge in [-0.3, -0.25) is 4.79 Å². The van der Waals surface area contributed by atoms with Gasteiger partial charge in [-0.2, -0.15) is 0 Å². The zero-order chi connectivity index (χ0) is 15.8. The van der Waals surface area contributed by atoms with Crippen LogP contribution in [0.2, 0.25) is 0 Å². The number of hydrogen-bond donors (Lipinski definition) is 0.